The van der Waals surface area contributed by atoms with Crippen LogP contribution in [0.25, 0.3) is 0 Å². The molecular formula is C13H29N3. The molecule has 3 heteroatoms. The minimum atomic E-state index is 0.623. The van der Waals surface area contributed by atoms with E-state index in [-0.39, 0.29) is 0 Å². The predicted octanol–water partition coefficient (Wildman–Crippen LogP) is 1.26. The van der Waals surface area contributed by atoms with Gasteiger partial charge in [0.05, 0.1) is 0 Å². The molecule has 1 rings (SSSR count). The van der Waals surface area contributed by atoms with Crippen molar-refractivity contribution in [1.82, 2.24) is 15.1 Å². The van der Waals surface area contributed by atoms with Crippen molar-refractivity contribution in [3.63, 3.8) is 0 Å². The van der Waals surface area contributed by atoms with Gasteiger partial charge in [0.2, 0.25) is 0 Å². The van der Waals surface area contributed by atoms with Gasteiger partial charge < -0.3 is 15.1 Å². The van der Waals surface area contributed by atoms with Gasteiger partial charge in [0, 0.05) is 25.7 Å². The SMILES string of the molecule is CC(C)C(CN(C)C)NCCN1CCCC1. The van der Waals surface area contributed by atoms with Gasteiger partial charge in [-0.05, 0) is 45.9 Å². The molecule has 1 atom stereocenters. The van der Waals surface area contributed by atoms with Crippen molar-refractivity contribution >= 4 is 0 Å². The lowest BCUT2D eigenvalue weighted by Crippen LogP contribution is -2.44. The summed E-state index contributed by atoms with van der Waals surface area (Å²) in [6.07, 6.45) is 2.79. The average molecular weight is 227 g/mol. The topological polar surface area (TPSA) is 18.5 Å². The summed E-state index contributed by atoms with van der Waals surface area (Å²) >= 11 is 0. The monoisotopic (exact) mass is 227 g/mol. The maximum Gasteiger partial charge on any atom is 0.0218 e. The Morgan fingerprint density at radius 2 is 1.81 bits per heavy atom. The Balaban J connectivity index is 2.15. The van der Waals surface area contributed by atoms with Crippen molar-refractivity contribution in [3.05, 3.63) is 0 Å². The van der Waals surface area contributed by atoms with Crippen molar-refractivity contribution in [3.8, 4) is 0 Å². The van der Waals surface area contributed by atoms with Gasteiger partial charge >= 0.3 is 0 Å². The molecule has 96 valence electrons. The lowest BCUT2D eigenvalue weighted by Gasteiger charge is -2.26. The van der Waals surface area contributed by atoms with E-state index in [4.69, 9.17) is 0 Å². The molecule has 3 nitrogen and oxygen atoms in total. The summed E-state index contributed by atoms with van der Waals surface area (Å²) in [4.78, 5) is 4.84. The van der Waals surface area contributed by atoms with Crippen LogP contribution in [0.3, 0.4) is 0 Å². The van der Waals surface area contributed by atoms with Crippen LogP contribution < -0.4 is 5.32 Å². The van der Waals surface area contributed by atoms with E-state index in [9.17, 15) is 0 Å². The van der Waals surface area contributed by atoms with E-state index < -0.39 is 0 Å². The molecule has 1 aliphatic heterocycles. The zero-order valence-electron chi connectivity index (χ0n) is 11.5. The van der Waals surface area contributed by atoms with Crippen molar-refractivity contribution < 1.29 is 0 Å². The Bertz CT molecular complexity index is 174. The molecule has 0 aromatic heterocycles. The number of nitrogens with one attached hydrogen (secondary N) is 1. The summed E-state index contributed by atoms with van der Waals surface area (Å²) in [5.74, 6) is 0.709. The minimum Gasteiger partial charge on any atom is -0.311 e. The van der Waals surface area contributed by atoms with Crippen LogP contribution in [-0.2, 0) is 0 Å². The number of likely N-dealkylation sites (tertiary alicyclic amines) is 1. The second-order valence-corrected chi connectivity index (χ2v) is 5.62. The fourth-order valence-electron chi connectivity index (χ4n) is 2.32. The van der Waals surface area contributed by atoms with Crippen molar-refractivity contribution in [2.75, 3.05) is 46.8 Å². The van der Waals surface area contributed by atoms with Gasteiger partial charge in [0.1, 0.15) is 0 Å². The fraction of sp³-hybridized carbons (Fsp3) is 1.00. The smallest absolute Gasteiger partial charge is 0.0218 e. The molecule has 1 heterocycles. The summed E-state index contributed by atoms with van der Waals surface area (Å²) in [6, 6.07) is 0.623. The number of likely N-dealkylation sites (N-methyl/N-ethyl adjacent to an activating group) is 1. The van der Waals surface area contributed by atoms with Gasteiger partial charge in [-0.3, -0.25) is 0 Å². The molecule has 1 unspecified atom stereocenters. The Morgan fingerprint density at radius 3 is 2.31 bits per heavy atom. The average Bonchev–Trinajstić information content (AvgIpc) is 2.68. The second-order valence-electron chi connectivity index (χ2n) is 5.62. The van der Waals surface area contributed by atoms with Crippen LogP contribution in [0, 0.1) is 5.92 Å². The Labute approximate surface area is 101 Å². The maximum atomic E-state index is 3.69. The highest BCUT2D eigenvalue weighted by Crippen LogP contribution is 2.06. The molecule has 0 spiro atoms. The molecule has 0 amide bonds. The summed E-state index contributed by atoms with van der Waals surface area (Å²) in [5, 5.41) is 3.69. The molecule has 1 aliphatic rings. The van der Waals surface area contributed by atoms with E-state index >= 15 is 0 Å². The van der Waals surface area contributed by atoms with Crippen LogP contribution in [-0.4, -0.2) is 62.7 Å². The van der Waals surface area contributed by atoms with Crippen molar-refractivity contribution in [2.45, 2.75) is 32.7 Å². The van der Waals surface area contributed by atoms with Crippen LogP contribution in [0.4, 0.5) is 0 Å². The molecule has 1 saturated heterocycles. The highest BCUT2D eigenvalue weighted by atomic mass is 15.2. The van der Waals surface area contributed by atoms with E-state index in [1.165, 1.54) is 32.5 Å². The molecule has 1 fully saturated rings. The summed E-state index contributed by atoms with van der Waals surface area (Å²) in [6.45, 7) is 10.7. The lowest BCUT2D eigenvalue weighted by molar-refractivity contribution is 0.269. The third kappa shape index (κ3) is 5.28. The van der Waals surface area contributed by atoms with Gasteiger partial charge in [0.25, 0.3) is 0 Å². The first-order valence-electron chi connectivity index (χ1n) is 6.70. The van der Waals surface area contributed by atoms with Gasteiger partial charge in [0.15, 0.2) is 0 Å². The zero-order chi connectivity index (χ0) is 12.0. The molecule has 0 aliphatic carbocycles. The number of nitrogens with zero attached hydrogens (tertiary/aromatic N) is 2. The number of hydrogen-bond donors (Lipinski definition) is 1. The first-order chi connectivity index (χ1) is 7.59. The Kier molecular flexibility index (Phi) is 6.32. The van der Waals surface area contributed by atoms with E-state index in [0.29, 0.717) is 12.0 Å². The summed E-state index contributed by atoms with van der Waals surface area (Å²) in [5.41, 5.74) is 0. The normalized spacial score (nSPS) is 19.9. The fourth-order valence-corrected chi connectivity index (χ4v) is 2.32. The summed E-state index contributed by atoms with van der Waals surface area (Å²) < 4.78 is 0. The van der Waals surface area contributed by atoms with Crippen LogP contribution in [0.2, 0.25) is 0 Å². The Morgan fingerprint density at radius 1 is 1.19 bits per heavy atom. The van der Waals surface area contributed by atoms with Crippen LogP contribution in [0.5, 0.6) is 0 Å². The number of hydrogen-bond acceptors (Lipinski definition) is 3. The van der Waals surface area contributed by atoms with Gasteiger partial charge in [-0.1, -0.05) is 13.8 Å². The molecule has 0 aromatic carbocycles. The minimum absolute atomic E-state index is 0.623. The first-order valence-corrected chi connectivity index (χ1v) is 6.70. The zero-order valence-corrected chi connectivity index (χ0v) is 11.5. The molecule has 0 aromatic rings. The first kappa shape index (κ1) is 13.9. The van der Waals surface area contributed by atoms with E-state index in [1.54, 1.807) is 0 Å². The van der Waals surface area contributed by atoms with Gasteiger partial charge in [-0.15, -0.1) is 0 Å². The molecule has 16 heavy (non-hydrogen) atoms. The van der Waals surface area contributed by atoms with Gasteiger partial charge in [-0.2, -0.15) is 0 Å². The van der Waals surface area contributed by atoms with Gasteiger partial charge in [-0.25, -0.2) is 0 Å². The highest BCUT2D eigenvalue weighted by Gasteiger charge is 2.15. The number of rotatable bonds is 7. The molecule has 0 radical (unpaired) electrons. The molecule has 0 bridgehead atoms. The van der Waals surface area contributed by atoms with E-state index in [2.05, 4.69) is 43.1 Å². The predicted molar refractivity (Wildman–Crippen MR) is 70.9 cm³/mol. The standard InChI is InChI=1S/C13H29N3/c1-12(2)13(11-15(3)4)14-7-10-16-8-5-6-9-16/h12-14H,5-11H2,1-4H3. The van der Waals surface area contributed by atoms with Crippen LogP contribution in [0.1, 0.15) is 26.7 Å². The maximum absolute atomic E-state index is 3.69. The van der Waals surface area contributed by atoms with E-state index in [0.717, 1.165) is 13.1 Å². The second kappa shape index (κ2) is 7.25. The largest absolute Gasteiger partial charge is 0.311 e. The van der Waals surface area contributed by atoms with Crippen LogP contribution in [0.15, 0.2) is 0 Å². The van der Waals surface area contributed by atoms with E-state index in [1.807, 2.05) is 0 Å². The van der Waals surface area contributed by atoms with Crippen LogP contribution >= 0.6 is 0 Å². The third-order valence-corrected chi connectivity index (χ3v) is 3.40. The van der Waals surface area contributed by atoms with Crippen molar-refractivity contribution in [2.24, 2.45) is 5.92 Å². The lowest BCUT2D eigenvalue weighted by atomic mass is 10.0. The molecule has 0 saturated carbocycles. The highest BCUT2D eigenvalue weighted by molar-refractivity contribution is 4.74. The quantitative estimate of drug-likeness (QED) is 0.706. The molecular weight excluding hydrogens is 198 g/mol. The molecule has 1 N–H and O–H groups in total. The Hall–Kier alpha value is -0.120. The third-order valence-electron chi connectivity index (χ3n) is 3.40. The van der Waals surface area contributed by atoms with Crippen molar-refractivity contribution in [1.29, 1.82) is 0 Å². The summed E-state index contributed by atoms with van der Waals surface area (Å²) in [7, 11) is 4.30.